The molecule has 0 aliphatic heterocycles. The van der Waals surface area contributed by atoms with Crippen LogP contribution in [0.2, 0.25) is 5.02 Å². The number of hydrogen-bond acceptors (Lipinski definition) is 1. The number of halogens is 2. The molecule has 0 saturated heterocycles. The highest BCUT2D eigenvalue weighted by atomic mass is 79.9. The molecule has 0 spiro atoms. The van der Waals surface area contributed by atoms with Crippen molar-refractivity contribution in [3.05, 3.63) is 34.9 Å². The van der Waals surface area contributed by atoms with Gasteiger partial charge in [0.05, 0.1) is 6.42 Å². The van der Waals surface area contributed by atoms with Crippen molar-refractivity contribution in [2.75, 3.05) is 0 Å². The van der Waals surface area contributed by atoms with Crippen molar-refractivity contribution in [3.8, 4) is 0 Å². The molecule has 1 fully saturated rings. The molecule has 0 unspecified atom stereocenters. The molecular formula is C14H17BrClNO. The molecule has 0 heterocycles. The fourth-order valence-electron chi connectivity index (χ4n) is 2.26. The number of carbonyl (C=O) groups is 1. The number of rotatable bonds is 3. The Labute approximate surface area is 121 Å². The van der Waals surface area contributed by atoms with Gasteiger partial charge < -0.3 is 5.32 Å². The average Bonchev–Trinajstić information content (AvgIpc) is 2.35. The minimum absolute atomic E-state index is 0.107. The normalized spacial score (nSPS) is 23.7. The first-order valence-corrected chi connectivity index (χ1v) is 7.61. The van der Waals surface area contributed by atoms with Gasteiger partial charge in [-0.05, 0) is 43.4 Å². The third kappa shape index (κ3) is 4.29. The topological polar surface area (TPSA) is 29.1 Å². The lowest BCUT2D eigenvalue weighted by atomic mass is 9.95. The maximum Gasteiger partial charge on any atom is 0.224 e. The Morgan fingerprint density at radius 2 is 1.83 bits per heavy atom. The van der Waals surface area contributed by atoms with Gasteiger partial charge in [0.2, 0.25) is 5.91 Å². The van der Waals surface area contributed by atoms with Crippen molar-refractivity contribution < 1.29 is 4.79 Å². The Balaban J connectivity index is 1.80. The Morgan fingerprint density at radius 1 is 1.22 bits per heavy atom. The summed E-state index contributed by atoms with van der Waals surface area (Å²) in [5.74, 6) is 0.107. The number of nitrogens with one attached hydrogen (secondary N) is 1. The third-order valence-corrected chi connectivity index (χ3v) is 4.47. The molecule has 1 aromatic rings. The van der Waals surface area contributed by atoms with Crippen LogP contribution in [0.5, 0.6) is 0 Å². The molecule has 98 valence electrons. The summed E-state index contributed by atoms with van der Waals surface area (Å²) < 4.78 is 0. The van der Waals surface area contributed by atoms with Crippen LogP contribution in [0.4, 0.5) is 0 Å². The molecule has 2 nitrogen and oxygen atoms in total. The van der Waals surface area contributed by atoms with Crippen LogP contribution in [0.1, 0.15) is 31.2 Å². The summed E-state index contributed by atoms with van der Waals surface area (Å²) in [6, 6.07) is 7.79. The molecule has 1 amide bonds. The lowest BCUT2D eigenvalue weighted by Gasteiger charge is -2.26. The van der Waals surface area contributed by atoms with Gasteiger partial charge in [-0.3, -0.25) is 4.79 Å². The van der Waals surface area contributed by atoms with Crippen LogP contribution < -0.4 is 5.32 Å². The first-order chi connectivity index (χ1) is 8.63. The first-order valence-electron chi connectivity index (χ1n) is 6.31. The van der Waals surface area contributed by atoms with Crippen LogP contribution in [0.3, 0.4) is 0 Å². The molecule has 2 rings (SSSR count). The van der Waals surface area contributed by atoms with Crippen molar-refractivity contribution in [2.24, 2.45) is 0 Å². The second-order valence-electron chi connectivity index (χ2n) is 4.82. The fraction of sp³-hybridized carbons (Fsp3) is 0.500. The molecule has 1 saturated carbocycles. The van der Waals surface area contributed by atoms with Gasteiger partial charge in [-0.2, -0.15) is 0 Å². The van der Waals surface area contributed by atoms with Crippen LogP contribution >= 0.6 is 27.5 Å². The Hall–Kier alpha value is -0.540. The van der Waals surface area contributed by atoms with Gasteiger partial charge in [-0.25, -0.2) is 0 Å². The molecule has 4 heteroatoms. The Kier molecular flexibility index (Phi) is 5.07. The highest BCUT2D eigenvalue weighted by Gasteiger charge is 2.20. The maximum atomic E-state index is 11.9. The summed E-state index contributed by atoms with van der Waals surface area (Å²) in [6.07, 6.45) is 4.87. The van der Waals surface area contributed by atoms with Crippen molar-refractivity contribution >= 4 is 33.4 Å². The van der Waals surface area contributed by atoms with E-state index < -0.39 is 0 Å². The predicted octanol–water partition coefficient (Wildman–Crippen LogP) is 3.70. The monoisotopic (exact) mass is 329 g/mol. The zero-order valence-corrected chi connectivity index (χ0v) is 12.5. The number of amides is 1. The highest BCUT2D eigenvalue weighted by Crippen LogP contribution is 2.24. The molecule has 0 radical (unpaired) electrons. The van der Waals surface area contributed by atoms with E-state index in [4.69, 9.17) is 11.6 Å². The minimum atomic E-state index is 0.107. The lowest BCUT2D eigenvalue weighted by Crippen LogP contribution is -2.38. The summed E-state index contributed by atoms with van der Waals surface area (Å²) in [5, 5.41) is 3.81. The zero-order chi connectivity index (χ0) is 13.0. The second-order valence-corrected chi connectivity index (χ2v) is 6.55. The van der Waals surface area contributed by atoms with E-state index in [9.17, 15) is 4.79 Å². The molecule has 1 aromatic carbocycles. The van der Waals surface area contributed by atoms with Crippen LogP contribution in [0.25, 0.3) is 0 Å². The van der Waals surface area contributed by atoms with Crippen LogP contribution in [-0.2, 0) is 11.2 Å². The van der Waals surface area contributed by atoms with E-state index in [0.29, 0.717) is 22.3 Å². The predicted molar refractivity (Wildman–Crippen MR) is 78.3 cm³/mol. The van der Waals surface area contributed by atoms with Gasteiger partial charge in [0.25, 0.3) is 0 Å². The van der Waals surface area contributed by atoms with Gasteiger partial charge in [0, 0.05) is 15.9 Å². The first kappa shape index (κ1) is 13.9. The Morgan fingerprint density at radius 3 is 2.44 bits per heavy atom. The lowest BCUT2D eigenvalue weighted by molar-refractivity contribution is -0.121. The number of hydrogen-bond donors (Lipinski definition) is 1. The van der Waals surface area contributed by atoms with Gasteiger partial charge >= 0.3 is 0 Å². The quantitative estimate of drug-likeness (QED) is 0.841. The van der Waals surface area contributed by atoms with E-state index in [1.165, 1.54) is 0 Å². The van der Waals surface area contributed by atoms with E-state index in [2.05, 4.69) is 21.2 Å². The molecule has 0 atom stereocenters. The molecule has 0 bridgehead atoms. The van der Waals surface area contributed by atoms with Crippen LogP contribution in [0, 0.1) is 0 Å². The highest BCUT2D eigenvalue weighted by molar-refractivity contribution is 9.09. The molecule has 1 aliphatic rings. The van der Waals surface area contributed by atoms with Crippen LogP contribution in [0.15, 0.2) is 24.3 Å². The smallest absolute Gasteiger partial charge is 0.224 e. The minimum Gasteiger partial charge on any atom is -0.353 e. The van der Waals surface area contributed by atoms with E-state index in [1.54, 1.807) is 0 Å². The molecule has 1 N–H and O–H groups in total. The van der Waals surface area contributed by atoms with Crippen molar-refractivity contribution in [1.82, 2.24) is 5.32 Å². The zero-order valence-electron chi connectivity index (χ0n) is 10.2. The summed E-state index contributed by atoms with van der Waals surface area (Å²) in [7, 11) is 0. The van der Waals surface area contributed by atoms with E-state index in [-0.39, 0.29) is 5.91 Å². The number of alkyl halides is 1. The fourth-order valence-corrected chi connectivity index (χ4v) is 2.92. The summed E-state index contributed by atoms with van der Waals surface area (Å²) in [6.45, 7) is 0. The molecule has 18 heavy (non-hydrogen) atoms. The molecule has 1 aliphatic carbocycles. The standard InChI is InChI=1S/C14H17BrClNO/c15-11-3-7-13(8-4-11)17-14(18)9-10-1-5-12(16)6-2-10/h1-2,5-6,11,13H,3-4,7-9H2,(H,17,18). The Bertz CT molecular complexity index is 399. The van der Waals surface area contributed by atoms with E-state index in [0.717, 1.165) is 31.2 Å². The number of benzene rings is 1. The largest absolute Gasteiger partial charge is 0.353 e. The van der Waals surface area contributed by atoms with E-state index >= 15 is 0 Å². The van der Waals surface area contributed by atoms with Gasteiger partial charge in [-0.15, -0.1) is 0 Å². The van der Waals surface area contributed by atoms with Crippen LogP contribution in [-0.4, -0.2) is 16.8 Å². The van der Waals surface area contributed by atoms with E-state index in [1.807, 2.05) is 24.3 Å². The van der Waals surface area contributed by atoms with Crippen molar-refractivity contribution in [1.29, 1.82) is 0 Å². The summed E-state index contributed by atoms with van der Waals surface area (Å²) in [4.78, 5) is 12.5. The third-order valence-electron chi connectivity index (χ3n) is 3.30. The average molecular weight is 331 g/mol. The summed E-state index contributed by atoms with van der Waals surface area (Å²) in [5.41, 5.74) is 1.01. The second kappa shape index (κ2) is 6.58. The van der Waals surface area contributed by atoms with Gasteiger partial charge in [-0.1, -0.05) is 39.7 Å². The SMILES string of the molecule is O=C(Cc1ccc(Cl)cc1)NC1CCC(Br)CC1. The summed E-state index contributed by atoms with van der Waals surface area (Å²) >= 11 is 9.43. The van der Waals surface area contributed by atoms with Gasteiger partial charge in [0.15, 0.2) is 0 Å². The van der Waals surface area contributed by atoms with Gasteiger partial charge in [0.1, 0.15) is 0 Å². The molecule has 0 aromatic heterocycles. The number of carbonyl (C=O) groups excluding carboxylic acids is 1. The van der Waals surface area contributed by atoms with Crippen molar-refractivity contribution in [2.45, 2.75) is 43.0 Å². The maximum absolute atomic E-state index is 11.9. The molecular weight excluding hydrogens is 314 g/mol. The van der Waals surface area contributed by atoms with Crippen molar-refractivity contribution in [3.63, 3.8) is 0 Å².